The van der Waals surface area contributed by atoms with Crippen molar-refractivity contribution in [1.29, 1.82) is 0 Å². The number of rotatable bonds is 3. The van der Waals surface area contributed by atoms with Crippen molar-refractivity contribution < 1.29 is 20.0 Å². The summed E-state index contributed by atoms with van der Waals surface area (Å²) < 4.78 is 78.2. The predicted octanol–water partition coefficient (Wildman–Crippen LogP) is 10.3. The van der Waals surface area contributed by atoms with Crippen LogP contribution in [0.15, 0.2) is 71.3 Å². The Balaban J connectivity index is 1.42. The summed E-state index contributed by atoms with van der Waals surface area (Å²) in [7, 11) is 1.77. The summed E-state index contributed by atoms with van der Waals surface area (Å²) in [4.78, 5) is 0. The fraction of sp³-hybridized carbons (Fsp3) is 0.395. The topological polar surface area (TPSA) is 17.0 Å². The SMILES string of the molecule is [2H]c1cc(C2([2H])CCC3(CCCCC3)CC2)cc(C([2H])([2H])[2H])c1-c1cc(-c2c(C)ccc3c2oc2ccccc23)[n+](C)cc1C([2H])([2H])[2H]. The van der Waals surface area contributed by atoms with Crippen LogP contribution in [-0.2, 0) is 7.05 Å². The third kappa shape index (κ3) is 4.28. The molecule has 40 heavy (non-hydrogen) atoms. The van der Waals surface area contributed by atoms with Crippen LogP contribution in [0.3, 0.4) is 0 Å². The van der Waals surface area contributed by atoms with E-state index in [2.05, 4.69) is 0 Å². The minimum absolute atomic E-state index is 0.0348. The van der Waals surface area contributed by atoms with Gasteiger partial charge in [0.15, 0.2) is 6.20 Å². The fourth-order valence-electron chi connectivity index (χ4n) is 7.41. The molecule has 204 valence electrons. The van der Waals surface area contributed by atoms with Crippen molar-refractivity contribution in [1.82, 2.24) is 0 Å². The second-order valence-electron chi connectivity index (χ2n) is 12.2. The van der Waals surface area contributed by atoms with Crippen molar-refractivity contribution >= 4 is 21.9 Å². The van der Waals surface area contributed by atoms with Crippen molar-refractivity contribution in [2.45, 2.75) is 84.3 Å². The average molecular weight is 537 g/mol. The van der Waals surface area contributed by atoms with E-state index in [9.17, 15) is 2.74 Å². The van der Waals surface area contributed by atoms with Crippen LogP contribution >= 0.6 is 0 Å². The quantitative estimate of drug-likeness (QED) is 0.210. The van der Waals surface area contributed by atoms with Crippen LogP contribution in [0.4, 0.5) is 0 Å². The van der Waals surface area contributed by atoms with Gasteiger partial charge in [-0.15, -0.1) is 0 Å². The summed E-state index contributed by atoms with van der Waals surface area (Å²) in [6, 6.07) is 16.6. The molecule has 0 atom stereocenters. The number of hydrogen-bond donors (Lipinski definition) is 0. The first-order valence-corrected chi connectivity index (χ1v) is 14.7. The van der Waals surface area contributed by atoms with Gasteiger partial charge in [0.05, 0.1) is 6.93 Å². The van der Waals surface area contributed by atoms with Crippen molar-refractivity contribution in [3.63, 3.8) is 0 Å². The summed E-state index contributed by atoms with van der Waals surface area (Å²) in [5.74, 6) is -0.994. The molecule has 2 fully saturated rings. The largest absolute Gasteiger partial charge is 0.455 e. The lowest BCUT2D eigenvalue weighted by Gasteiger charge is -2.43. The number of aryl methyl sites for hydroxylation is 4. The van der Waals surface area contributed by atoms with Gasteiger partial charge in [-0.3, -0.25) is 0 Å². The second kappa shape index (κ2) is 9.91. The van der Waals surface area contributed by atoms with Crippen LogP contribution in [0.2, 0.25) is 0 Å². The first-order chi connectivity index (χ1) is 22.6. The minimum Gasteiger partial charge on any atom is -0.455 e. The normalized spacial score (nSPS) is 22.1. The van der Waals surface area contributed by atoms with Crippen molar-refractivity contribution in [2.24, 2.45) is 12.5 Å². The molecule has 2 aliphatic rings. The van der Waals surface area contributed by atoms with Crippen LogP contribution in [0, 0.1) is 26.0 Å². The number of aromatic nitrogens is 1. The van der Waals surface area contributed by atoms with Crippen LogP contribution < -0.4 is 4.57 Å². The molecule has 3 aromatic carbocycles. The van der Waals surface area contributed by atoms with E-state index in [1.54, 1.807) is 29.8 Å². The summed E-state index contributed by atoms with van der Waals surface area (Å²) in [5.41, 5.74) is 4.66. The highest BCUT2D eigenvalue weighted by Gasteiger charge is 2.36. The molecule has 2 heterocycles. The highest BCUT2D eigenvalue weighted by Crippen LogP contribution is 2.51. The zero-order chi connectivity index (χ0) is 34.2. The van der Waals surface area contributed by atoms with E-state index in [1.807, 2.05) is 43.3 Å². The summed E-state index contributed by atoms with van der Waals surface area (Å²) in [5, 5.41) is 1.88. The van der Waals surface area contributed by atoms with Crippen LogP contribution in [0.5, 0.6) is 0 Å². The summed E-state index contributed by atoms with van der Waals surface area (Å²) >= 11 is 0. The molecule has 0 bridgehead atoms. The molecule has 2 aromatic heterocycles. The Hall–Kier alpha value is -3.39. The van der Waals surface area contributed by atoms with Crippen LogP contribution in [-0.4, -0.2) is 0 Å². The monoisotopic (exact) mass is 536 g/mol. The van der Waals surface area contributed by atoms with Gasteiger partial charge >= 0.3 is 0 Å². The molecule has 0 unspecified atom stereocenters. The molecule has 1 spiro atoms. The third-order valence-electron chi connectivity index (χ3n) is 9.73. The average Bonchev–Trinajstić information content (AvgIpc) is 3.41. The lowest BCUT2D eigenvalue weighted by Crippen LogP contribution is -2.31. The van der Waals surface area contributed by atoms with E-state index < -0.39 is 19.6 Å². The second-order valence-corrected chi connectivity index (χ2v) is 12.2. The number of para-hydroxylation sites is 1. The van der Waals surface area contributed by atoms with Gasteiger partial charge in [0, 0.05) is 32.0 Å². The van der Waals surface area contributed by atoms with Gasteiger partial charge in [-0.2, -0.15) is 0 Å². The Morgan fingerprint density at radius 3 is 2.48 bits per heavy atom. The maximum absolute atomic E-state index is 9.53. The Kier molecular flexibility index (Phi) is 4.49. The molecule has 0 aliphatic heterocycles. The first kappa shape index (κ1) is 18.1. The zero-order valence-corrected chi connectivity index (χ0v) is 23.5. The number of pyridine rings is 1. The van der Waals surface area contributed by atoms with Crippen LogP contribution in [0.1, 0.15) is 96.9 Å². The predicted molar refractivity (Wildman–Crippen MR) is 167 cm³/mol. The lowest BCUT2D eigenvalue weighted by atomic mass is 9.62. The van der Waals surface area contributed by atoms with E-state index in [0.29, 0.717) is 29.7 Å². The maximum Gasteiger partial charge on any atom is 0.216 e. The molecule has 2 heteroatoms. The first-order valence-electron chi connectivity index (χ1n) is 18.7. The van der Waals surface area contributed by atoms with Crippen molar-refractivity contribution in [3.05, 3.63) is 89.1 Å². The van der Waals surface area contributed by atoms with Gasteiger partial charge in [0.2, 0.25) is 5.69 Å². The molecule has 5 aromatic rings. The molecule has 0 amide bonds. The van der Waals surface area contributed by atoms with E-state index in [-0.39, 0.29) is 33.7 Å². The lowest BCUT2D eigenvalue weighted by molar-refractivity contribution is -0.660. The third-order valence-corrected chi connectivity index (χ3v) is 9.73. The van der Waals surface area contributed by atoms with Gasteiger partial charge < -0.3 is 4.42 Å². The molecule has 2 saturated carbocycles. The van der Waals surface area contributed by atoms with Crippen molar-refractivity contribution in [2.75, 3.05) is 0 Å². The van der Waals surface area contributed by atoms with Gasteiger partial charge in [-0.05, 0) is 104 Å². The fourth-order valence-corrected chi connectivity index (χ4v) is 7.41. The van der Waals surface area contributed by atoms with E-state index >= 15 is 0 Å². The van der Waals surface area contributed by atoms with Crippen molar-refractivity contribution in [3.8, 4) is 22.4 Å². The Morgan fingerprint density at radius 2 is 1.68 bits per heavy atom. The summed E-state index contributed by atoms with van der Waals surface area (Å²) in [6.07, 6.45) is 10.8. The molecule has 2 nitrogen and oxygen atoms in total. The van der Waals surface area contributed by atoms with E-state index in [4.69, 9.17) is 12.6 Å². The van der Waals surface area contributed by atoms with Crippen LogP contribution in [0.25, 0.3) is 44.3 Å². The number of benzene rings is 3. The number of fused-ring (bicyclic) bond motifs is 3. The van der Waals surface area contributed by atoms with Gasteiger partial charge in [-0.25, -0.2) is 4.57 Å². The number of hydrogen-bond acceptors (Lipinski definition) is 1. The maximum atomic E-state index is 9.53. The van der Waals surface area contributed by atoms with Gasteiger partial charge in [0.1, 0.15) is 18.2 Å². The Labute approximate surface area is 250 Å². The summed E-state index contributed by atoms with van der Waals surface area (Å²) in [6.45, 7) is -3.26. The zero-order valence-electron chi connectivity index (χ0n) is 31.5. The highest BCUT2D eigenvalue weighted by molar-refractivity contribution is 6.09. The minimum atomic E-state index is -2.64. The Bertz CT molecular complexity index is 2040. The van der Waals surface area contributed by atoms with Gasteiger partial charge in [0.25, 0.3) is 0 Å². The number of nitrogens with zero attached hydrogens (tertiary/aromatic N) is 1. The highest BCUT2D eigenvalue weighted by atomic mass is 16.3. The van der Waals surface area contributed by atoms with Gasteiger partial charge in [-0.1, -0.05) is 67.8 Å². The Morgan fingerprint density at radius 1 is 0.875 bits per heavy atom. The smallest absolute Gasteiger partial charge is 0.216 e. The van der Waals surface area contributed by atoms with E-state index in [0.717, 1.165) is 40.3 Å². The van der Waals surface area contributed by atoms with E-state index in [1.165, 1.54) is 38.3 Å². The molecular weight excluding hydrogens is 486 g/mol. The number of furan rings is 1. The standard InChI is InChI=1S/C38H42NO/c1-25-12-14-32-31-10-6-7-11-35(31)40-37(32)36(25)34-23-33(27(3)24-39(34)4)30-15-13-29(22-26(30)2)28-16-20-38(21-17-28)18-8-5-9-19-38/h6-7,10-15,22-24,28H,5,8-9,16-21H2,1-4H3/q+1/i2D3,3D3,15D,28D. The molecular formula is C38H42NO+. The molecule has 0 saturated heterocycles. The molecule has 2 aliphatic carbocycles. The molecule has 0 radical (unpaired) electrons. The molecule has 0 N–H and O–H groups in total. The molecule has 7 rings (SSSR count).